The Morgan fingerprint density at radius 3 is 2.44 bits per heavy atom. The van der Waals surface area contributed by atoms with Gasteiger partial charge in [0.15, 0.2) is 17.0 Å². The Morgan fingerprint density at radius 1 is 1.03 bits per heavy atom. The number of rotatable bonds is 5. The molecule has 0 bridgehead atoms. The Labute approximate surface area is 186 Å². The number of benzene rings is 2. The van der Waals surface area contributed by atoms with Crippen LogP contribution in [0.4, 0.5) is 0 Å². The maximum Gasteiger partial charge on any atom is 0.329 e. The molecule has 0 unspecified atom stereocenters. The van der Waals surface area contributed by atoms with Gasteiger partial charge >= 0.3 is 5.69 Å². The van der Waals surface area contributed by atoms with Gasteiger partial charge in [0.05, 0.1) is 13.2 Å². The number of aromatic amines is 1. The first-order valence-corrected chi connectivity index (χ1v) is 10.4. The first-order chi connectivity index (χ1) is 15.5. The van der Waals surface area contributed by atoms with Crippen LogP contribution in [-0.2, 0) is 13.6 Å². The van der Waals surface area contributed by atoms with E-state index in [4.69, 9.17) is 16.3 Å². The van der Waals surface area contributed by atoms with Crippen molar-refractivity contribution in [2.45, 2.75) is 13.5 Å². The standard InChI is InChI=1S/C22H19ClN6O3/c1-3-32-16-10-6-14(7-11-16)18-25-26-21-28(12-13-4-8-15(23)9-5-13)17-19(30)24-22(31)27(2)20(17)29(18)21/h4-11H,3,12H2,1-2H3,(H,24,30,31). The first-order valence-electron chi connectivity index (χ1n) is 10.0. The fourth-order valence-electron chi connectivity index (χ4n) is 3.82. The first kappa shape index (κ1) is 20.1. The highest BCUT2D eigenvalue weighted by Crippen LogP contribution is 2.26. The van der Waals surface area contributed by atoms with Crippen molar-refractivity contribution >= 4 is 28.5 Å². The normalized spacial score (nSPS) is 11.5. The molecule has 0 spiro atoms. The van der Waals surface area contributed by atoms with Crippen molar-refractivity contribution < 1.29 is 4.74 Å². The van der Waals surface area contributed by atoms with E-state index in [1.807, 2.05) is 43.3 Å². The van der Waals surface area contributed by atoms with Crippen molar-refractivity contribution in [2.24, 2.45) is 7.05 Å². The van der Waals surface area contributed by atoms with Gasteiger partial charge < -0.3 is 4.74 Å². The van der Waals surface area contributed by atoms with E-state index in [1.54, 1.807) is 28.1 Å². The summed E-state index contributed by atoms with van der Waals surface area (Å²) < 4.78 is 10.4. The molecule has 0 radical (unpaired) electrons. The summed E-state index contributed by atoms with van der Waals surface area (Å²) in [4.78, 5) is 27.6. The third kappa shape index (κ3) is 3.18. The third-order valence-corrected chi connectivity index (χ3v) is 5.57. The summed E-state index contributed by atoms with van der Waals surface area (Å²) in [6.45, 7) is 2.84. The maximum atomic E-state index is 12.9. The van der Waals surface area contributed by atoms with Crippen LogP contribution in [0.2, 0.25) is 5.02 Å². The van der Waals surface area contributed by atoms with E-state index < -0.39 is 11.2 Å². The van der Waals surface area contributed by atoms with Gasteiger partial charge in [-0.2, -0.15) is 0 Å². The predicted molar refractivity (Wildman–Crippen MR) is 122 cm³/mol. The van der Waals surface area contributed by atoms with Gasteiger partial charge in [0.25, 0.3) is 5.56 Å². The lowest BCUT2D eigenvalue weighted by molar-refractivity contribution is 0.340. The molecule has 0 saturated heterocycles. The van der Waals surface area contributed by atoms with E-state index in [0.717, 1.165) is 16.9 Å². The lowest BCUT2D eigenvalue weighted by Gasteiger charge is -2.06. The highest BCUT2D eigenvalue weighted by atomic mass is 35.5. The van der Waals surface area contributed by atoms with Crippen LogP contribution >= 0.6 is 11.6 Å². The molecule has 3 aromatic heterocycles. The number of ether oxygens (including phenoxy) is 1. The second-order valence-corrected chi connectivity index (χ2v) is 7.76. The van der Waals surface area contributed by atoms with Crippen molar-refractivity contribution in [1.82, 2.24) is 28.7 Å². The lowest BCUT2D eigenvalue weighted by Crippen LogP contribution is -2.29. The zero-order chi connectivity index (χ0) is 22.4. The number of aromatic nitrogens is 6. The Bertz CT molecular complexity index is 1560. The largest absolute Gasteiger partial charge is 0.494 e. The Hall–Kier alpha value is -3.85. The van der Waals surface area contributed by atoms with E-state index >= 15 is 0 Å². The summed E-state index contributed by atoms with van der Waals surface area (Å²) in [7, 11) is 1.61. The number of hydrogen-bond acceptors (Lipinski definition) is 5. The SMILES string of the molecule is CCOc1ccc(-c2nnc3n(Cc4ccc(Cl)cc4)c4c(=O)[nH]c(=O)n(C)c4n23)cc1. The van der Waals surface area contributed by atoms with Crippen LogP contribution in [-0.4, -0.2) is 35.3 Å². The minimum absolute atomic E-state index is 0.333. The van der Waals surface area contributed by atoms with Crippen LogP contribution in [0.1, 0.15) is 12.5 Å². The van der Waals surface area contributed by atoms with Gasteiger partial charge in [-0.3, -0.25) is 18.9 Å². The molecular weight excluding hydrogens is 432 g/mol. The number of fused-ring (bicyclic) bond motifs is 3. The number of aryl methyl sites for hydroxylation is 1. The number of hydrogen-bond donors (Lipinski definition) is 1. The molecule has 32 heavy (non-hydrogen) atoms. The topological polar surface area (TPSA) is 99.2 Å². The fraction of sp³-hybridized carbons (Fsp3) is 0.182. The van der Waals surface area contributed by atoms with Crippen molar-refractivity contribution in [3.05, 3.63) is 80.0 Å². The van der Waals surface area contributed by atoms with E-state index in [-0.39, 0.29) is 0 Å². The molecule has 0 aliphatic carbocycles. The fourth-order valence-corrected chi connectivity index (χ4v) is 3.94. The van der Waals surface area contributed by atoms with Crippen LogP contribution in [0, 0.1) is 0 Å². The Balaban J connectivity index is 1.79. The minimum atomic E-state index is -0.514. The van der Waals surface area contributed by atoms with Crippen molar-refractivity contribution in [3.8, 4) is 17.1 Å². The molecule has 0 amide bonds. The van der Waals surface area contributed by atoms with Gasteiger partial charge in [0.1, 0.15) is 5.75 Å². The summed E-state index contributed by atoms with van der Waals surface area (Å²) in [5.41, 5.74) is 1.45. The molecule has 5 rings (SSSR count). The Morgan fingerprint density at radius 2 is 1.75 bits per heavy atom. The minimum Gasteiger partial charge on any atom is -0.494 e. The quantitative estimate of drug-likeness (QED) is 0.444. The van der Waals surface area contributed by atoms with Crippen LogP contribution in [0.15, 0.2) is 58.1 Å². The van der Waals surface area contributed by atoms with Crippen LogP contribution in [0.25, 0.3) is 28.3 Å². The number of nitrogens with one attached hydrogen (secondary N) is 1. The van der Waals surface area contributed by atoms with Gasteiger partial charge in [-0.15, -0.1) is 10.2 Å². The van der Waals surface area contributed by atoms with Gasteiger partial charge in [-0.1, -0.05) is 23.7 Å². The average Bonchev–Trinajstić information content (AvgIpc) is 3.34. The third-order valence-electron chi connectivity index (χ3n) is 5.32. The molecule has 9 nitrogen and oxygen atoms in total. The number of H-pyrrole nitrogens is 1. The van der Waals surface area contributed by atoms with Gasteiger partial charge in [0, 0.05) is 17.6 Å². The van der Waals surface area contributed by atoms with E-state index in [9.17, 15) is 9.59 Å². The molecule has 162 valence electrons. The maximum absolute atomic E-state index is 12.9. The summed E-state index contributed by atoms with van der Waals surface area (Å²) >= 11 is 6.01. The molecule has 5 aromatic rings. The van der Waals surface area contributed by atoms with Gasteiger partial charge in [-0.05, 0) is 48.9 Å². The second kappa shape index (κ2) is 7.69. The average molecular weight is 451 g/mol. The zero-order valence-corrected chi connectivity index (χ0v) is 18.1. The molecule has 10 heteroatoms. The van der Waals surface area contributed by atoms with Gasteiger partial charge in [0.2, 0.25) is 5.78 Å². The monoisotopic (exact) mass is 450 g/mol. The molecule has 3 heterocycles. The molecule has 0 aliphatic rings. The lowest BCUT2D eigenvalue weighted by atomic mass is 10.2. The number of halogens is 1. The highest BCUT2D eigenvalue weighted by Gasteiger charge is 2.23. The molecule has 0 aliphatic heterocycles. The predicted octanol–water partition coefficient (Wildman–Crippen LogP) is 2.84. The zero-order valence-electron chi connectivity index (χ0n) is 17.4. The highest BCUT2D eigenvalue weighted by molar-refractivity contribution is 6.30. The summed E-state index contributed by atoms with van der Waals surface area (Å²) in [5.74, 6) is 1.71. The van der Waals surface area contributed by atoms with Crippen LogP contribution < -0.4 is 16.0 Å². The molecular formula is C22H19ClN6O3. The summed E-state index contributed by atoms with van der Waals surface area (Å²) in [6.07, 6.45) is 0. The van der Waals surface area contributed by atoms with E-state index in [2.05, 4.69) is 15.2 Å². The van der Waals surface area contributed by atoms with Crippen molar-refractivity contribution in [1.29, 1.82) is 0 Å². The summed E-state index contributed by atoms with van der Waals surface area (Å²) in [5, 5.41) is 9.36. The van der Waals surface area contributed by atoms with Crippen LogP contribution in [0.3, 0.4) is 0 Å². The molecule has 2 aromatic carbocycles. The smallest absolute Gasteiger partial charge is 0.329 e. The van der Waals surface area contributed by atoms with Crippen molar-refractivity contribution in [2.75, 3.05) is 6.61 Å². The number of imidazole rings is 1. The molecule has 0 fully saturated rings. The second-order valence-electron chi connectivity index (χ2n) is 7.32. The number of nitrogens with zero attached hydrogens (tertiary/aromatic N) is 5. The van der Waals surface area contributed by atoms with E-state index in [0.29, 0.717) is 40.9 Å². The molecule has 1 N–H and O–H groups in total. The molecule has 0 saturated carbocycles. The van der Waals surface area contributed by atoms with Crippen molar-refractivity contribution in [3.63, 3.8) is 0 Å². The molecule has 0 atom stereocenters. The van der Waals surface area contributed by atoms with Crippen LogP contribution in [0.5, 0.6) is 5.75 Å². The summed E-state index contributed by atoms with van der Waals surface area (Å²) in [6, 6.07) is 14.8. The van der Waals surface area contributed by atoms with E-state index in [1.165, 1.54) is 4.57 Å². The Kier molecular flexibility index (Phi) is 4.82. The van der Waals surface area contributed by atoms with Gasteiger partial charge in [-0.25, -0.2) is 9.20 Å².